The molecule has 8 nitrogen and oxygen atoms in total. The molecule has 2 heterocycles. The van der Waals surface area contributed by atoms with Crippen molar-refractivity contribution >= 4 is 39.8 Å². The predicted molar refractivity (Wildman–Crippen MR) is 121 cm³/mol. The molecule has 0 radical (unpaired) electrons. The van der Waals surface area contributed by atoms with Crippen molar-refractivity contribution in [1.82, 2.24) is 0 Å². The fourth-order valence-corrected chi connectivity index (χ4v) is 4.88. The zero-order valence-electron chi connectivity index (χ0n) is 18.3. The molecule has 0 bridgehead atoms. The van der Waals surface area contributed by atoms with Crippen LogP contribution in [0.15, 0.2) is 18.2 Å². The number of fused-ring (bicyclic) bond motifs is 2. The number of thiophene rings is 1. The van der Waals surface area contributed by atoms with Crippen LogP contribution >= 0.6 is 11.3 Å². The zero-order chi connectivity index (χ0) is 22.8. The molecular formula is C23H26N2O6S. The van der Waals surface area contributed by atoms with Crippen molar-refractivity contribution in [3.63, 3.8) is 0 Å². The smallest absolute Gasteiger partial charge is 0.342 e. The average Bonchev–Trinajstić information content (AvgIpc) is 3.34. The number of rotatable bonds is 6. The molecule has 0 spiro atoms. The minimum atomic E-state index is -1.03. The van der Waals surface area contributed by atoms with Gasteiger partial charge in [0.1, 0.15) is 18.2 Å². The van der Waals surface area contributed by atoms with Crippen LogP contribution in [-0.2, 0) is 27.2 Å². The summed E-state index contributed by atoms with van der Waals surface area (Å²) in [6, 6.07) is 5.09. The Bertz CT molecular complexity index is 1060. The Balaban J connectivity index is 1.45. The molecule has 1 aliphatic carbocycles. The minimum Gasteiger partial charge on any atom is -0.486 e. The number of benzene rings is 1. The summed E-state index contributed by atoms with van der Waals surface area (Å²) in [6.07, 6.45) is 1.56. The normalized spacial score (nSPS) is 15.1. The molecule has 9 heteroatoms. The largest absolute Gasteiger partial charge is 0.486 e. The van der Waals surface area contributed by atoms with Gasteiger partial charge in [0.05, 0.1) is 5.56 Å². The molecule has 32 heavy (non-hydrogen) atoms. The van der Waals surface area contributed by atoms with Crippen molar-refractivity contribution in [2.75, 3.05) is 23.8 Å². The van der Waals surface area contributed by atoms with Crippen LogP contribution in [0.2, 0.25) is 0 Å². The van der Waals surface area contributed by atoms with E-state index in [0.29, 0.717) is 41.0 Å². The van der Waals surface area contributed by atoms with Gasteiger partial charge < -0.3 is 24.8 Å². The van der Waals surface area contributed by atoms with E-state index >= 15 is 0 Å². The Kier molecular flexibility index (Phi) is 6.36. The van der Waals surface area contributed by atoms with E-state index in [4.69, 9.17) is 14.2 Å². The van der Waals surface area contributed by atoms with Gasteiger partial charge in [-0.05, 0) is 43.9 Å². The van der Waals surface area contributed by atoms with Crippen LogP contribution in [-0.4, -0.2) is 37.1 Å². The summed E-state index contributed by atoms with van der Waals surface area (Å²) in [5, 5.41) is 6.08. The summed E-state index contributed by atoms with van der Waals surface area (Å²) in [7, 11) is 0. The van der Waals surface area contributed by atoms with Crippen molar-refractivity contribution in [2.24, 2.45) is 5.92 Å². The number of anilines is 2. The van der Waals surface area contributed by atoms with Crippen molar-refractivity contribution in [1.29, 1.82) is 0 Å². The second kappa shape index (κ2) is 9.20. The molecule has 1 aromatic carbocycles. The number of esters is 1. The first-order valence-electron chi connectivity index (χ1n) is 10.7. The average molecular weight is 459 g/mol. The zero-order valence-corrected chi connectivity index (χ0v) is 19.1. The quantitative estimate of drug-likeness (QED) is 0.639. The summed E-state index contributed by atoms with van der Waals surface area (Å²) < 4.78 is 16.5. The van der Waals surface area contributed by atoms with Crippen LogP contribution in [0, 0.1) is 5.92 Å². The lowest BCUT2D eigenvalue weighted by molar-refractivity contribution is -0.123. The highest BCUT2D eigenvalue weighted by Gasteiger charge is 2.30. The fraction of sp³-hybridized carbons (Fsp3) is 0.435. The number of hydrogen-bond acceptors (Lipinski definition) is 7. The van der Waals surface area contributed by atoms with E-state index in [0.717, 1.165) is 29.7 Å². The molecule has 2 N–H and O–H groups in total. The lowest BCUT2D eigenvalue weighted by Crippen LogP contribution is -2.30. The summed E-state index contributed by atoms with van der Waals surface area (Å²) in [4.78, 5) is 39.0. The first-order chi connectivity index (χ1) is 15.3. The molecule has 2 aromatic rings. The highest BCUT2D eigenvalue weighted by molar-refractivity contribution is 7.17. The highest BCUT2D eigenvalue weighted by Crippen LogP contribution is 2.40. The fourth-order valence-electron chi connectivity index (χ4n) is 3.60. The van der Waals surface area contributed by atoms with Gasteiger partial charge in [0.25, 0.3) is 5.91 Å². The van der Waals surface area contributed by atoms with Crippen molar-refractivity contribution in [2.45, 2.75) is 46.1 Å². The lowest BCUT2D eigenvalue weighted by atomic mass is 10.1. The molecule has 2 amide bonds. The third-order valence-electron chi connectivity index (χ3n) is 5.35. The third-order valence-corrected chi connectivity index (χ3v) is 6.56. The molecule has 170 valence electrons. The van der Waals surface area contributed by atoms with Crippen LogP contribution in [0.5, 0.6) is 11.5 Å². The first-order valence-corrected chi connectivity index (χ1v) is 11.5. The van der Waals surface area contributed by atoms with Gasteiger partial charge in [-0.2, -0.15) is 0 Å². The van der Waals surface area contributed by atoms with Gasteiger partial charge in [-0.15, -0.1) is 11.3 Å². The topological polar surface area (TPSA) is 103 Å². The maximum atomic E-state index is 13.0. The molecule has 0 saturated heterocycles. The van der Waals surface area contributed by atoms with E-state index in [1.54, 1.807) is 32.0 Å². The molecule has 1 atom stereocenters. The molecule has 2 aliphatic rings. The summed E-state index contributed by atoms with van der Waals surface area (Å²) in [5.41, 5.74) is 1.80. The number of nitrogens with one attached hydrogen (secondary N) is 2. The van der Waals surface area contributed by atoms with Crippen molar-refractivity contribution < 1.29 is 28.6 Å². The number of carbonyl (C=O) groups is 3. The van der Waals surface area contributed by atoms with Crippen LogP contribution in [0.25, 0.3) is 0 Å². The van der Waals surface area contributed by atoms with Gasteiger partial charge in [-0.25, -0.2) is 4.79 Å². The van der Waals surface area contributed by atoms with Gasteiger partial charge in [0.2, 0.25) is 5.91 Å². The number of aryl methyl sites for hydroxylation is 1. The van der Waals surface area contributed by atoms with Crippen molar-refractivity contribution in [3.05, 3.63) is 34.2 Å². The van der Waals surface area contributed by atoms with Gasteiger partial charge >= 0.3 is 5.97 Å². The van der Waals surface area contributed by atoms with Crippen LogP contribution in [0.1, 0.15) is 48.0 Å². The van der Waals surface area contributed by atoms with Gasteiger partial charge in [0, 0.05) is 22.5 Å². The van der Waals surface area contributed by atoms with Crippen LogP contribution < -0.4 is 20.1 Å². The molecule has 0 saturated carbocycles. The Morgan fingerprint density at radius 1 is 1.00 bits per heavy atom. The summed E-state index contributed by atoms with van der Waals surface area (Å²) >= 11 is 1.41. The van der Waals surface area contributed by atoms with Gasteiger partial charge in [-0.1, -0.05) is 13.8 Å². The molecule has 1 aromatic heterocycles. The number of carbonyl (C=O) groups excluding carboxylic acids is 3. The second-order valence-corrected chi connectivity index (χ2v) is 9.21. The second-order valence-electron chi connectivity index (χ2n) is 8.10. The Hall–Kier alpha value is -3.07. The lowest BCUT2D eigenvalue weighted by Gasteiger charge is -2.19. The van der Waals surface area contributed by atoms with E-state index in [2.05, 4.69) is 10.6 Å². The maximum Gasteiger partial charge on any atom is 0.342 e. The Morgan fingerprint density at radius 2 is 1.75 bits per heavy atom. The van der Waals surface area contributed by atoms with Gasteiger partial charge in [-0.3, -0.25) is 9.59 Å². The number of hydrogen-bond donors (Lipinski definition) is 2. The summed E-state index contributed by atoms with van der Waals surface area (Å²) in [6.45, 7) is 6.03. The van der Waals surface area contributed by atoms with E-state index in [1.807, 2.05) is 0 Å². The Labute approximate surface area is 190 Å². The molecule has 0 fully saturated rings. The third kappa shape index (κ3) is 4.57. The molecule has 4 rings (SSSR count). The van der Waals surface area contributed by atoms with Crippen LogP contribution in [0.3, 0.4) is 0 Å². The first kappa shape index (κ1) is 22.1. The summed E-state index contributed by atoms with van der Waals surface area (Å²) in [5.74, 6) is -0.271. The monoisotopic (exact) mass is 458 g/mol. The number of amides is 2. The van der Waals surface area contributed by atoms with E-state index in [1.165, 1.54) is 18.3 Å². The SMILES string of the molecule is CC(C)C(=O)Nc1sc2c(c1C(=O)O[C@H](C)C(=O)Nc1ccc3c(c1)OCCO3)CCC2. The van der Waals surface area contributed by atoms with Gasteiger partial charge in [0.15, 0.2) is 17.6 Å². The standard InChI is InChI=1S/C23H26N2O6S/c1-12(2)20(26)25-22-19(15-5-4-6-18(15)32-22)23(28)31-13(3)21(27)24-14-7-8-16-17(11-14)30-10-9-29-16/h7-8,11-13H,4-6,9-10H2,1-3H3,(H,24,27)(H,25,26)/t13-/m1/s1. The van der Waals surface area contributed by atoms with Crippen molar-refractivity contribution in [3.8, 4) is 11.5 Å². The Morgan fingerprint density at radius 3 is 2.50 bits per heavy atom. The molecule has 0 unspecified atom stereocenters. The van der Waals surface area contributed by atoms with Crippen LogP contribution in [0.4, 0.5) is 10.7 Å². The maximum absolute atomic E-state index is 13.0. The van der Waals surface area contributed by atoms with E-state index in [9.17, 15) is 14.4 Å². The number of ether oxygens (including phenoxy) is 3. The van der Waals surface area contributed by atoms with E-state index < -0.39 is 18.0 Å². The predicted octanol–water partition coefficient (Wildman–Crippen LogP) is 3.79. The molecule has 1 aliphatic heterocycles. The van der Waals surface area contributed by atoms with E-state index in [-0.39, 0.29) is 11.8 Å². The molecular weight excluding hydrogens is 432 g/mol. The highest BCUT2D eigenvalue weighted by atomic mass is 32.1. The minimum absolute atomic E-state index is 0.164.